The van der Waals surface area contributed by atoms with Gasteiger partial charge in [0.2, 0.25) is 0 Å². The monoisotopic (exact) mass is 478 g/mol. The second kappa shape index (κ2) is 13.6. The zero-order valence-corrected chi connectivity index (χ0v) is 19.0. The smallest absolute Gasteiger partial charge is 0.475 e. The first-order valence-electron chi connectivity index (χ1n) is 10.9. The maximum absolute atomic E-state index is 10.6. The summed E-state index contributed by atoms with van der Waals surface area (Å²) in [6.45, 7) is 5.01. The van der Waals surface area contributed by atoms with E-state index in [0.29, 0.717) is 12.0 Å². The number of alkyl halides is 3. The third-order valence-corrected chi connectivity index (χ3v) is 5.66. The second-order valence-corrected chi connectivity index (χ2v) is 7.91. The Balaban J connectivity index is 0.000000479. The summed E-state index contributed by atoms with van der Waals surface area (Å²) in [6, 6.07) is 6.81. The molecule has 0 bridgehead atoms. The van der Waals surface area contributed by atoms with Gasteiger partial charge in [0.15, 0.2) is 13.6 Å². The van der Waals surface area contributed by atoms with E-state index in [1.54, 1.807) is 14.2 Å². The number of carboxylic acid groups (broad SMARTS) is 1. The summed E-state index contributed by atoms with van der Waals surface area (Å²) in [7, 11) is 3.26. The van der Waals surface area contributed by atoms with Gasteiger partial charge in [-0.15, -0.1) is 0 Å². The molecule has 1 saturated carbocycles. The van der Waals surface area contributed by atoms with E-state index in [2.05, 4.69) is 16.3 Å². The summed E-state index contributed by atoms with van der Waals surface area (Å²) >= 11 is 0. The van der Waals surface area contributed by atoms with Gasteiger partial charge in [-0.05, 0) is 36.8 Å². The number of rotatable bonds is 8. The summed E-state index contributed by atoms with van der Waals surface area (Å²) in [5, 5.41) is 10.6. The van der Waals surface area contributed by atoms with Crippen molar-refractivity contribution in [1.29, 1.82) is 0 Å². The van der Waals surface area contributed by atoms with Crippen molar-refractivity contribution in [2.45, 2.75) is 43.8 Å². The van der Waals surface area contributed by atoms with Crippen LogP contribution in [0, 0.1) is 0 Å². The molecule has 8 nitrogen and oxygen atoms in total. The van der Waals surface area contributed by atoms with Crippen molar-refractivity contribution in [3.8, 4) is 11.5 Å². The number of hydrogen-bond donors (Lipinski definition) is 2. The van der Waals surface area contributed by atoms with Gasteiger partial charge in [0.1, 0.15) is 11.5 Å². The first-order chi connectivity index (χ1) is 15.8. The number of ether oxygens (including phenoxy) is 4. The summed E-state index contributed by atoms with van der Waals surface area (Å²) in [5.41, 5.74) is 1.27. The van der Waals surface area contributed by atoms with E-state index in [4.69, 9.17) is 28.8 Å². The lowest BCUT2D eigenvalue weighted by Gasteiger charge is -2.40. The van der Waals surface area contributed by atoms with E-state index >= 15 is 0 Å². The minimum absolute atomic E-state index is 0.234. The zero-order chi connectivity index (χ0) is 24.3. The van der Waals surface area contributed by atoms with E-state index in [9.17, 15) is 13.2 Å². The second-order valence-electron chi connectivity index (χ2n) is 7.91. The lowest BCUT2D eigenvalue weighted by Crippen LogP contribution is -2.49. The molecule has 1 aromatic carbocycles. The number of methoxy groups -OCH3 is 2. The number of carboxylic acids is 1. The Bertz CT molecular complexity index is 729. The Labute approximate surface area is 191 Å². The molecular weight excluding hydrogens is 445 g/mol. The van der Waals surface area contributed by atoms with Crippen LogP contribution in [0.3, 0.4) is 0 Å². The Morgan fingerprint density at radius 2 is 1.76 bits per heavy atom. The van der Waals surface area contributed by atoms with Crippen LogP contribution in [0.5, 0.6) is 11.5 Å². The van der Waals surface area contributed by atoms with Crippen LogP contribution in [0.4, 0.5) is 13.2 Å². The van der Waals surface area contributed by atoms with Crippen LogP contribution in [-0.4, -0.2) is 82.2 Å². The zero-order valence-electron chi connectivity index (χ0n) is 19.0. The number of nitrogens with one attached hydrogen (secondary N) is 1. The fraction of sp³-hybridized carbons (Fsp3) is 0.682. The van der Waals surface area contributed by atoms with E-state index in [1.165, 1.54) is 31.2 Å². The third kappa shape index (κ3) is 9.00. The van der Waals surface area contributed by atoms with Gasteiger partial charge in [-0.3, -0.25) is 4.90 Å². The Morgan fingerprint density at radius 3 is 2.36 bits per heavy atom. The van der Waals surface area contributed by atoms with Crippen LogP contribution in [0.15, 0.2) is 18.2 Å². The van der Waals surface area contributed by atoms with Gasteiger partial charge >= 0.3 is 12.1 Å². The number of hydrogen-bond acceptors (Lipinski definition) is 7. The van der Waals surface area contributed by atoms with Crippen LogP contribution in [-0.2, 0) is 14.3 Å². The molecule has 1 aliphatic carbocycles. The molecule has 1 aromatic rings. The van der Waals surface area contributed by atoms with Crippen molar-refractivity contribution in [2.24, 2.45) is 0 Å². The van der Waals surface area contributed by atoms with Crippen LogP contribution in [0.2, 0.25) is 0 Å². The highest BCUT2D eigenvalue weighted by molar-refractivity contribution is 5.73. The van der Waals surface area contributed by atoms with Crippen molar-refractivity contribution in [1.82, 2.24) is 10.2 Å². The highest BCUT2D eigenvalue weighted by Gasteiger charge is 2.38. The van der Waals surface area contributed by atoms with Crippen LogP contribution in [0.1, 0.15) is 37.2 Å². The van der Waals surface area contributed by atoms with Gasteiger partial charge in [0.25, 0.3) is 0 Å². The van der Waals surface area contributed by atoms with Crippen molar-refractivity contribution in [3.63, 3.8) is 0 Å². The number of nitrogens with zero attached hydrogens (tertiary/aromatic N) is 1. The summed E-state index contributed by atoms with van der Waals surface area (Å²) in [6.07, 6.45) is -0.101. The number of carbonyl (C=O) groups is 1. The molecule has 0 aromatic heterocycles. The summed E-state index contributed by atoms with van der Waals surface area (Å²) in [5.74, 6) is -0.609. The fourth-order valence-corrected chi connectivity index (χ4v) is 4.14. The standard InChI is InChI=1S/C20H32N2O4.C2HF3O2/c1-23-14-25-18-6-7-19(20(13-18)26-15-24-2)16-4-3-5-17(12-16)22-10-8-21-9-11-22;3-2(4,5)1(6)7/h6-7,13,16-17,21H,3-5,8-12,14-15H2,1-2H3;(H,6,7). The predicted molar refractivity (Wildman–Crippen MR) is 115 cm³/mol. The molecule has 188 valence electrons. The minimum Gasteiger partial charge on any atom is -0.475 e. The van der Waals surface area contributed by atoms with Gasteiger partial charge < -0.3 is 29.4 Å². The highest BCUT2D eigenvalue weighted by atomic mass is 19.4. The average molecular weight is 479 g/mol. The molecule has 2 unspecified atom stereocenters. The molecule has 0 spiro atoms. The van der Waals surface area contributed by atoms with Crippen molar-refractivity contribution < 1.29 is 42.0 Å². The molecule has 0 radical (unpaired) electrons. The molecular formula is C22H33F3N2O6. The average Bonchev–Trinajstić information content (AvgIpc) is 2.82. The lowest BCUT2D eigenvalue weighted by molar-refractivity contribution is -0.192. The Kier molecular flexibility index (Phi) is 11.2. The highest BCUT2D eigenvalue weighted by Crippen LogP contribution is 2.40. The number of piperazine rings is 1. The van der Waals surface area contributed by atoms with E-state index in [-0.39, 0.29) is 13.6 Å². The molecule has 11 heteroatoms. The maximum Gasteiger partial charge on any atom is 0.490 e. The first-order valence-corrected chi connectivity index (χ1v) is 10.9. The largest absolute Gasteiger partial charge is 0.490 e. The lowest BCUT2D eigenvalue weighted by atomic mass is 9.80. The van der Waals surface area contributed by atoms with Crippen molar-refractivity contribution in [3.05, 3.63) is 23.8 Å². The molecule has 3 rings (SSSR count). The van der Waals surface area contributed by atoms with Crippen LogP contribution >= 0.6 is 0 Å². The topological polar surface area (TPSA) is 89.5 Å². The quantitative estimate of drug-likeness (QED) is 0.551. The Morgan fingerprint density at radius 1 is 1.12 bits per heavy atom. The first kappa shape index (κ1) is 27.2. The van der Waals surface area contributed by atoms with E-state index < -0.39 is 12.1 Å². The Hall–Kier alpha value is -2.08. The molecule has 2 fully saturated rings. The molecule has 2 atom stereocenters. The van der Waals surface area contributed by atoms with Crippen LogP contribution < -0.4 is 14.8 Å². The molecule has 1 aliphatic heterocycles. The van der Waals surface area contributed by atoms with Gasteiger partial charge in [-0.2, -0.15) is 13.2 Å². The molecule has 1 heterocycles. The molecule has 0 amide bonds. The normalized spacial score (nSPS) is 21.6. The summed E-state index contributed by atoms with van der Waals surface area (Å²) < 4.78 is 53.3. The molecule has 1 saturated heterocycles. The molecule has 33 heavy (non-hydrogen) atoms. The van der Waals surface area contributed by atoms with Crippen molar-refractivity contribution >= 4 is 5.97 Å². The molecule has 2 N–H and O–H groups in total. The maximum atomic E-state index is 10.6. The van der Waals surface area contributed by atoms with Crippen molar-refractivity contribution in [2.75, 3.05) is 54.0 Å². The third-order valence-electron chi connectivity index (χ3n) is 5.66. The van der Waals surface area contributed by atoms with Gasteiger partial charge in [0, 0.05) is 52.5 Å². The van der Waals surface area contributed by atoms with Gasteiger partial charge in [-0.25, -0.2) is 4.79 Å². The SMILES string of the molecule is COCOc1ccc(C2CCCC(N3CCNCC3)C2)c(OCOC)c1.O=C(O)C(F)(F)F. The number of halogens is 3. The number of benzene rings is 1. The minimum atomic E-state index is -5.08. The summed E-state index contributed by atoms with van der Waals surface area (Å²) in [4.78, 5) is 11.6. The predicted octanol–water partition coefficient (Wildman–Crippen LogP) is 3.22. The van der Waals surface area contributed by atoms with Crippen LogP contribution in [0.25, 0.3) is 0 Å². The number of aliphatic carboxylic acids is 1. The van der Waals surface area contributed by atoms with E-state index in [1.807, 2.05) is 12.1 Å². The van der Waals surface area contributed by atoms with E-state index in [0.717, 1.165) is 37.7 Å². The van der Waals surface area contributed by atoms with Gasteiger partial charge in [-0.1, -0.05) is 12.5 Å². The van der Waals surface area contributed by atoms with Gasteiger partial charge in [0.05, 0.1) is 0 Å². The molecule has 2 aliphatic rings. The fourth-order valence-electron chi connectivity index (χ4n) is 4.14.